The molecule has 1 atom stereocenters. The van der Waals surface area contributed by atoms with Crippen molar-refractivity contribution < 1.29 is 32.4 Å². The highest BCUT2D eigenvalue weighted by Gasteiger charge is 2.69. The van der Waals surface area contributed by atoms with E-state index < -0.39 is 17.8 Å². The number of hydrogen-bond acceptors (Lipinski definition) is 3. The number of fused-ring (bicyclic) bond motifs is 1. The maximum absolute atomic E-state index is 13.6. The first-order valence-corrected chi connectivity index (χ1v) is 6.86. The number of hydrogen-bond donors (Lipinski definition) is 2. The molecule has 0 bridgehead atoms. The van der Waals surface area contributed by atoms with Gasteiger partial charge in [0.15, 0.2) is 11.5 Å². The largest absolute Gasteiger partial charge is 0.496 e. The fourth-order valence-electron chi connectivity index (χ4n) is 2.36. The maximum atomic E-state index is 13.6. The van der Waals surface area contributed by atoms with Crippen molar-refractivity contribution in [2.45, 2.75) is 25.4 Å². The molecule has 1 amide bonds. The molecule has 2 aromatic rings. The summed E-state index contributed by atoms with van der Waals surface area (Å²) in [5.74, 6) is -0.981. The van der Waals surface area contributed by atoms with E-state index in [-0.39, 0.29) is 18.0 Å². The van der Waals surface area contributed by atoms with Crippen LogP contribution in [0.1, 0.15) is 11.3 Å². The SMILES string of the molecule is Cc1ccc2c(c1)O[C@]([NH2+]Cc1ccco1)(C(F)(F)F)C(=O)N2. The van der Waals surface area contributed by atoms with E-state index in [0.29, 0.717) is 5.76 Å². The van der Waals surface area contributed by atoms with E-state index in [1.807, 2.05) is 0 Å². The number of amides is 1. The number of nitrogens with two attached hydrogens (primary N) is 1. The molecule has 0 fully saturated rings. The van der Waals surface area contributed by atoms with Crippen molar-refractivity contribution in [2.24, 2.45) is 0 Å². The molecule has 3 rings (SSSR count). The lowest BCUT2D eigenvalue weighted by atomic mass is 10.1. The topological polar surface area (TPSA) is 68.1 Å². The van der Waals surface area contributed by atoms with Gasteiger partial charge in [-0.05, 0) is 36.8 Å². The number of carbonyl (C=O) groups excluding carboxylic acids is 1. The number of alkyl halides is 3. The van der Waals surface area contributed by atoms with Gasteiger partial charge in [-0.15, -0.1) is 0 Å². The summed E-state index contributed by atoms with van der Waals surface area (Å²) in [6.07, 6.45) is -3.56. The lowest BCUT2D eigenvalue weighted by Gasteiger charge is -2.35. The number of furan rings is 1. The number of rotatable bonds is 3. The minimum atomic E-state index is -4.91. The number of quaternary nitrogens is 1. The van der Waals surface area contributed by atoms with Crippen LogP contribution in [0.2, 0.25) is 0 Å². The highest BCUT2D eigenvalue weighted by atomic mass is 19.4. The number of nitrogens with one attached hydrogen (secondary N) is 1. The van der Waals surface area contributed by atoms with Gasteiger partial charge in [-0.2, -0.15) is 13.2 Å². The van der Waals surface area contributed by atoms with E-state index in [4.69, 9.17) is 9.15 Å². The number of ether oxygens (including phenoxy) is 1. The second-order valence-corrected chi connectivity index (χ2v) is 5.28. The van der Waals surface area contributed by atoms with Crippen molar-refractivity contribution in [1.82, 2.24) is 0 Å². The normalized spacial score (nSPS) is 20.6. The Hall–Kier alpha value is -2.48. The lowest BCUT2D eigenvalue weighted by molar-refractivity contribution is -0.784. The van der Waals surface area contributed by atoms with Crippen LogP contribution in [-0.4, -0.2) is 17.8 Å². The molecule has 1 aromatic carbocycles. The summed E-state index contributed by atoms with van der Waals surface area (Å²) in [4.78, 5) is 12.2. The van der Waals surface area contributed by atoms with Crippen LogP contribution in [-0.2, 0) is 11.3 Å². The average molecular weight is 327 g/mol. The summed E-state index contributed by atoms with van der Waals surface area (Å²) in [5, 5.41) is 3.05. The summed E-state index contributed by atoms with van der Waals surface area (Å²) in [7, 11) is 0. The van der Waals surface area contributed by atoms with Gasteiger partial charge in [0.05, 0.1) is 12.0 Å². The predicted octanol–water partition coefficient (Wildman–Crippen LogP) is 1.94. The van der Waals surface area contributed by atoms with Crippen LogP contribution in [0.4, 0.5) is 18.9 Å². The Morgan fingerprint density at radius 1 is 1.30 bits per heavy atom. The van der Waals surface area contributed by atoms with Crippen molar-refractivity contribution in [3.05, 3.63) is 47.9 Å². The molecule has 0 spiro atoms. The number of aryl methyl sites for hydroxylation is 1. The third-order valence-corrected chi connectivity index (χ3v) is 3.59. The first-order valence-electron chi connectivity index (χ1n) is 6.86. The first-order chi connectivity index (χ1) is 10.8. The summed E-state index contributed by atoms with van der Waals surface area (Å²) >= 11 is 0. The first kappa shape index (κ1) is 15.4. The molecule has 1 aromatic heterocycles. The zero-order chi connectivity index (χ0) is 16.7. The fraction of sp³-hybridized carbons (Fsp3) is 0.267. The number of anilines is 1. The molecule has 1 aliphatic rings. The molecular weight excluding hydrogens is 313 g/mol. The quantitative estimate of drug-likeness (QED) is 0.905. The van der Waals surface area contributed by atoms with Crippen LogP contribution in [0.3, 0.4) is 0 Å². The fourth-order valence-corrected chi connectivity index (χ4v) is 2.36. The van der Waals surface area contributed by atoms with E-state index in [9.17, 15) is 18.0 Å². The standard InChI is InChI=1S/C15H13F3N2O3/c1-9-4-5-11-12(7-9)23-14(13(21)20-11,15(16,17)18)19-8-10-3-2-6-22-10/h2-7,19H,8H2,1H3,(H,20,21)/p+1/t14-/m0/s1. The van der Waals surface area contributed by atoms with Crippen LogP contribution < -0.4 is 15.4 Å². The van der Waals surface area contributed by atoms with Gasteiger partial charge in [-0.3, -0.25) is 10.1 Å². The Morgan fingerprint density at radius 3 is 2.74 bits per heavy atom. The van der Waals surface area contributed by atoms with Crippen LogP contribution in [0.15, 0.2) is 41.0 Å². The summed E-state index contributed by atoms with van der Waals surface area (Å²) in [6.45, 7) is 1.53. The Bertz CT molecular complexity index is 728. The lowest BCUT2D eigenvalue weighted by Crippen LogP contribution is -3.04. The summed E-state index contributed by atoms with van der Waals surface area (Å²) in [5.41, 5.74) is -2.12. The molecule has 8 heteroatoms. The highest BCUT2D eigenvalue weighted by molar-refractivity contribution is 6.00. The molecule has 0 unspecified atom stereocenters. The smallest absolute Gasteiger partial charge is 0.463 e. The Balaban J connectivity index is 1.97. The van der Waals surface area contributed by atoms with Gasteiger partial charge in [-0.1, -0.05) is 6.07 Å². The van der Waals surface area contributed by atoms with Gasteiger partial charge in [0, 0.05) is 0 Å². The Morgan fingerprint density at radius 2 is 2.09 bits per heavy atom. The molecule has 122 valence electrons. The summed E-state index contributed by atoms with van der Waals surface area (Å²) < 4.78 is 51.0. The van der Waals surface area contributed by atoms with Gasteiger partial charge >= 0.3 is 17.8 Å². The molecule has 1 aliphatic heterocycles. The molecule has 0 aliphatic carbocycles. The van der Waals surface area contributed by atoms with Gasteiger partial charge in [0.25, 0.3) is 0 Å². The third kappa shape index (κ3) is 2.65. The van der Waals surface area contributed by atoms with Crippen molar-refractivity contribution in [1.29, 1.82) is 0 Å². The molecule has 5 nitrogen and oxygen atoms in total. The Labute approximate surface area is 129 Å². The molecule has 23 heavy (non-hydrogen) atoms. The molecule has 3 N–H and O–H groups in total. The van der Waals surface area contributed by atoms with Gasteiger partial charge in [0.2, 0.25) is 0 Å². The highest BCUT2D eigenvalue weighted by Crippen LogP contribution is 2.39. The third-order valence-electron chi connectivity index (χ3n) is 3.59. The van der Waals surface area contributed by atoms with Gasteiger partial charge in [0.1, 0.15) is 6.54 Å². The van der Waals surface area contributed by atoms with Crippen molar-refractivity contribution in [3.8, 4) is 5.75 Å². The number of carbonyl (C=O) groups is 1. The zero-order valence-corrected chi connectivity index (χ0v) is 12.1. The van der Waals surface area contributed by atoms with Crippen LogP contribution in [0.25, 0.3) is 0 Å². The maximum Gasteiger partial charge on any atom is 0.496 e. The minimum absolute atomic E-state index is 0.0161. The van der Waals surface area contributed by atoms with Gasteiger partial charge in [-0.25, -0.2) is 0 Å². The van der Waals surface area contributed by atoms with E-state index >= 15 is 0 Å². The van der Waals surface area contributed by atoms with Crippen molar-refractivity contribution >= 4 is 11.6 Å². The van der Waals surface area contributed by atoms with Crippen molar-refractivity contribution in [2.75, 3.05) is 5.32 Å². The molecule has 0 saturated carbocycles. The van der Waals surface area contributed by atoms with Crippen molar-refractivity contribution in [3.63, 3.8) is 0 Å². The van der Waals surface area contributed by atoms with E-state index in [1.165, 1.54) is 24.5 Å². The van der Waals surface area contributed by atoms with Crippen LogP contribution in [0.5, 0.6) is 5.75 Å². The van der Waals surface area contributed by atoms with E-state index in [2.05, 4.69) is 5.32 Å². The van der Waals surface area contributed by atoms with E-state index in [1.54, 1.807) is 19.1 Å². The molecular formula is C15H14F3N2O3+. The van der Waals surface area contributed by atoms with E-state index in [0.717, 1.165) is 10.9 Å². The molecule has 2 heterocycles. The molecule has 0 radical (unpaired) electrons. The predicted molar refractivity (Wildman–Crippen MR) is 73.6 cm³/mol. The average Bonchev–Trinajstić information content (AvgIpc) is 2.97. The summed E-state index contributed by atoms with van der Waals surface area (Å²) in [6, 6.07) is 7.73. The minimum Gasteiger partial charge on any atom is -0.463 e. The number of benzene rings is 1. The zero-order valence-electron chi connectivity index (χ0n) is 12.1. The molecule has 0 saturated heterocycles. The second kappa shape index (κ2) is 5.31. The Kier molecular flexibility index (Phi) is 3.56. The van der Waals surface area contributed by atoms with Crippen LogP contribution >= 0.6 is 0 Å². The second-order valence-electron chi connectivity index (χ2n) is 5.28. The monoisotopic (exact) mass is 327 g/mol. The van der Waals surface area contributed by atoms with Crippen LogP contribution in [0, 0.1) is 6.92 Å². The van der Waals surface area contributed by atoms with Gasteiger partial charge < -0.3 is 14.5 Å². The number of halogens is 3.